The number of hydrogen-bond acceptors (Lipinski definition) is 0. The number of rotatable bonds is 0. The van der Waals surface area contributed by atoms with Crippen molar-refractivity contribution in [3.63, 3.8) is 0 Å². The second-order valence-corrected chi connectivity index (χ2v) is 3.90. The maximum atomic E-state index is 3.46. The Hall–Kier alpha value is -0.963. The number of fused-ring (bicyclic) bond motifs is 3. The Morgan fingerprint density at radius 2 is 1.87 bits per heavy atom. The van der Waals surface area contributed by atoms with E-state index in [1.165, 1.54) is 27.5 Å². The van der Waals surface area contributed by atoms with Crippen LogP contribution in [0.25, 0.3) is 10.8 Å². The van der Waals surface area contributed by atoms with Gasteiger partial charge in [-0.05, 0) is 0 Å². The molecule has 0 fully saturated rings. The Labute approximate surface area is 102 Å². The van der Waals surface area contributed by atoms with Crippen LogP contribution in [0, 0.1) is 6.08 Å². The number of allylic oxidation sites excluding steroid dienone is 1. The van der Waals surface area contributed by atoms with Gasteiger partial charge < -0.3 is 0 Å². The Morgan fingerprint density at radius 1 is 1.07 bits per heavy atom. The first-order chi connectivity index (χ1) is 6.84. The standard InChI is InChI=1S/C14H11.Li/c1-10-8-12-7-6-11-4-2-3-5-13(11)14(12)9-10;/h2-7H,8H2,1H3;/q-1;+1. The molecule has 15 heavy (non-hydrogen) atoms. The van der Waals surface area contributed by atoms with Crippen LogP contribution in [0.5, 0.6) is 0 Å². The minimum absolute atomic E-state index is 0. The summed E-state index contributed by atoms with van der Waals surface area (Å²) < 4.78 is 0. The molecule has 0 spiro atoms. The molecule has 0 atom stereocenters. The molecule has 1 heteroatoms. The van der Waals surface area contributed by atoms with E-state index in [0.717, 1.165) is 6.42 Å². The largest absolute Gasteiger partial charge is 1.00 e. The van der Waals surface area contributed by atoms with E-state index in [0.29, 0.717) is 0 Å². The fourth-order valence-electron chi connectivity index (χ4n) is 2.15. The predicted molar refractivity (Wildman–Crippen MR) is 59.2 cm³/mol. The van der Waals surface area contributed by atoms with Gasteiger partial charge in [0.1, 0.15) is 0 Å². The van der Waals surface area contributed by atoms with Crippen LogP contribution in [0.1, 0.15) is 18.1 Å². The summed E-state index contributed by atoms with van der Waals surface area (Å²) in [5, 5.41) is 2.65. The topological polar surface area (TPSA) is 0 Å². The third-order valence-corrected chi connectivity index (χ3v) is 2.81. The van der Waals surface area contributed by atoms with E-state index in [2.05, 4.69) is 49.4 Å². The van der Waals surface area contributed by atoms with E-state index in [1.807, 2.05) is 0 Å². The van der Waals surface area contributed by atoms with Gasteiger partial charge in [-0.3, -0.25) is 0 Å². The van der Waals surface area contributed by atoms with E-state index < -0.39 is 0 Å². The zero-order valence-corrected chi connectivity index (χ0v) is 9.17. The summed E-state index contributed by atoms with van der Waals surface area (Å²) in [5.41, 5.74) is 4.07. The second-order valence-electron chi connectivity index (χ2n) is 3.90. The fraction of sp³-hybridized carbons (Fsp3) is 0.143. The van der Waals surface area contributed by atoms with Gasteiger partial charge in [0.25, 0.3) is 0 Å². The van der Waals surface area contributed by atoms with Crippen molar-refractivity contribution >= 4 is 10.8 Å². The Morgan fingerprint density at radius 3 is 2.73 bits per heavy atom. The van der Waals surface area contributed by atoms with Gasteiger partial charge in [0, 0.05) is 0 Å². The molecule has 2 aromatic carbocycles. The Balaban J connectivity index is 0.000000853. The molecule has 0 amide bonds. The third kappa shape index (κ3) is 1.65. The summed E-state index contributed by atoms with van der Waals surface area (Å²) in [4.78, 5) is 0. The molecule has 0 aromatic heterocycles. The van der Waals surface area contributed by atoms with Gasteiger partial charge >= 0.3 is 18.9 Å². The van der Waals surface area contributed by atoms with Crippen molar-refractivity contribution in [2.45, 2.75) is 13.3 Å². The van der Waals surface area contributed by atoms with Crippen LogP contribution in [-0.2, 0) is 6.42 Å². The zero-order chi connectivity index (χ0) is 9.54. The SMILES string of the molecule is CC1=[C-]c2c(ccc3ccccc23)C1.[Li+]. The summed E-state index contributed by atoms with van der Waals surface area (Å²) in [7, 11) is 0. The summed E-state index contributed by atoms with van der Waals surface area (Å²) in [6.45, 7) is 2.15. The molecule has 0 unspecified atom stereocenters. The van der Waals surface area contributed by atoms with E-state index in [1.54, 1.807) is 0 Å². The van der Waals surface area contributed by atoms with E-state index in [4.69, 9.17) is 0 Å². The van der Waals surface area contributed by atoms with Crippen molar-refractivity contribution in [1.82, 2.24) is 0 Å². The third-order valence-electron chi connectivity index (χ3n) is 2.81. The van der Waals surface area contributed by atoms with Gasteiger partial charge in [-0.2, -0.15) is 11.6 Å². The molecule has 2 aromatic rings. The van der Waals surface area contributed by atoms with Crippen molar-refractivity contribution in [1.29, 1.82) is 0 Å². The summed E-state index contributed by atoms with van der Waals surface area (Å²) in [6, 6.07) is 12.9. The maximum Gasteiger partial charge on any atom is 1.00 e. The molecule has 0 radical (unpaired) electrons. The van der Waals surface area contributed by atoms with Crippen molar-refractivity contribution in [2.24, 2.45) is 0 Å². The van der Waals surface area contributed by atoms with Crippen molar-refractivity contribution in [3.8, 4) is 0 Å². The quantitative estimate of drug-likeness (QED) is 0.415. The molecule has 1 aliphatic rings. The summed E-state index contributed by atoms with van der Waals surface area (Å²) >= 11 is 0. The first-order valence-electron chi connectivity index (χ1n) is 4.95. The minimum atomic E-state index is 0. The molecule has 0 N–H and O–H groups in total. The van der Waals surface area contributed by atoms with E-state index in [-0.39, 0.29) is 18.9 Å². The van der Waals surface area contributed by atoms with Crippen molar-refractivity contribution < 1.29 is 18.9 Å². The first-order valence-corrected chi connectivity index (χ1v) is 4.95. The van der Waals surface area contributed by atoms with Gasteiger partial charge in [-0.15, -0.1) is 28.7 Å². The smallest absolute Gasteiger partial charge is 0.182 e. The van der Waals surface area contributed by atoms with Crippen LogP contribution in [-0.4, -0.2) is 0 Å². The molecule has 0 heterocycles. The normalized spacial score (nSPS) is 13.3. The van der Waals surface area contributed by atoms with E-state index >= 15 is 0 Å². The van der Waals surface area contributed by atoms with Crippen molar-refractivity contribution in [3.05, 3.63) is 59.2 Å². The van der Waals surface area contributed by atoms with Crippen LogP contribution < -0.4 is 18.9 Å². The maximum absolute atomic E-state index is 3.46. The molecule has 1 aliphatic carbocycles. The van der Waals surface area contributed by atoms with Crippen LogP contribution in [0.3, 0.4) is 0 Å². The van der Waals surface area contributed by atoms with Gasteiger partial charge in [-0.1, -0.05) is 43.0 Å². The average molecular weight is 186 g/mol. The van der Waals surface area contributed by atoms with Crippen molar-refractivity contribution in [2.75, 3.05) is 0 Å². The van der Waals surface area contributed by atoms with Crippen LogP contribution in [0.2, 0.25) is 0 Å². The number of benzene rings is 2. The summed E-state index contributed by atoms with van der Waals surface area (Å²) in [5.74, 6) is 0. The van der Waals surface area contributed by atoms with Gasteiger partial charge in [-0.25, -0.2) is 0 Å². The molecule has 0 saturated carbocycles. The van der Waals surface area contributed by atoms with Crippen LogP contribution in [0.4, 0.5) is 0 Å². The first kappa shape index (κ1) is 10.6. The van der Waals surface area contributed by atoms with Gasteiger partial charge in [0.05, 0.1) is 0 Å². The molecule has 3 rings (SSSR count). The predicted octanol–water partition coefficient (Wildman–Crippen LogP) is 0.497. The molecule has 0 saturated heterocycles. The van der Waals surface area contributed by atoms with Crippen LogP contribution in [0.15, 0.2) is 42.0 Å². The molecular weight excluding hydrogens is 175 g/mol. The zero-order valence-electron chi connectivity index (χ0n) is 9.17. The summed E-state index contributed by atoms with van der Waals surface area (Å²) in [6.07, 6.45) is 4.53. The monoisotopic (exact) mass is 186 g/mol. The van der Waals surface area contributed by atoms with Crippen LogP contribution >= 0.6 is 0 Å². The second kappa shape index (κ2) is 3.89. The Kier molecular flexibility index (Phi) is 2.74. The Bertz CT molecular complexity index is 538. The minimum Gasteiger partial charge on any atom is -0.182 e. The molecule has 0 aliphatic heterocycles. The average Bonchev–Trinajstić information content (AvgIpc) is 2.59. The van der Waals surface area contributed by atoms with Gasteiger partial charge in [0.15, 0.2) is 0 Å². The molecule has 68 valence electrons. The molecular formula is C14H11Li. The van der Waals surface area contributed by atoms with E-state index in [9.17, 15) is 0 Å². The molecule has 0 bridgehead atoms. The number of hydrogen-bond donors (Lipinski definition) is 0. The van der Waals surface area contributed by atoms with Gasteiger partial charge in [0.2, 0.25) is 0 Å². The fourth-order valence-corrected chi connectivity index (χ4v) is 2.15. The molecule has 0 nitrogen and oxygen atoms in total.